The summed E-state index contributed by atoms with van der Waals surface area (Å²) in [7, 11) is 0. The standard InChI is InChI=1S/C9H16O3/c1-4-5-8(10)12-9(11)6-7(2)3/h6,8,10H,4-5H2,1-3H3. The minimum atomic E-state index is -0.960. The number of rotatable bonds is 4. The van der Waals surface area contributed by atoms with Crippen molar-refractivity contribution in [1.29, 1.82) is 0 Å². The molecule has 0 saturated carbocycles. The molecule has 0 saturated heterocycles. The van der Waals surface area contributed by atoms with Gasteiger partial charge in [0.2, 0.25) is 6.29 Å². The number of hydrogen-bond acceptors (Lipinski definition) is 3. The predicted octanol–water partition coefficient (Wildman–Crippen LogP) is 1.61. The number of allylic oxidation sites excluding steroid dienone is 1. The Morgan fingerprint density at radius 3 is 2.58 bits per heavy atom. The zero-order valence-corrected chi connectivity index (χ0v) is 7.83. The summed E-state index contributed by atoms with van der Waals surface area (Å²) in [6, 6.07) is 0. The number of ether oxygens (including phenoxy) is 1. The first kappa shape index (κ1) is 11.2. The van der Waals surface area contributed by atoms with Gasteiger partial charge in [0.05, 0.1) is 0 Å². The quantitative estimate of drug-likeness (QED) is 0.398. The summed E-state index contributed by atoms with van der Waals surface area (Å²) in [6.45, 7) is 5.51. The van der Waals surface area contributed by atoms with Crippen molar-refractivity contribution in [3.8, 4) is 0 Å². The zero-order chi connectivity index (χ0) is 9.56. The van der Waals surface area contributed by atoms with Gasteiger partial charge in [-0.05, 0) is 13.8 Å². The Morgan fingerprint density at radius 1 is 1.58 bits per heavy atom. The first-order valence-electron chi connectivity index (χ1n) is 4.09. The monoisotopic (exact) mass is 172 g/mol. The van der Waals surface area contributed by atoms with E-state index >= 15 is 0 Å². The summed E-state index contributed by atoms with van der Waals surface area (Å²) in [5.74, 6) is -0.476. The summed E-state index contributed by atoms with van der Waals surface area (Å²) in [5, 5.41) is 9.06. The van der Waals surface area contributed by atoms with Crippen molar-refractivity contribution in [3.05, 3.63) is 11.6 Å². The third-order valence-electron chi connectivity index (χ3n) is 1.19. The molecule has 0 bridgehead atoms. The number of aliphatic hydroxyl groups is 1. The summed E-state index contributed by atoms with van der Waals surface area (Å²) in [5.41, 5.74) is 0.865. The van der Waals surface area contributed by atoms with Crippen LogP contribution in [0.1, 0.15) is 33.6 Å². The Morgan fingerprint density at radius 2 is 2.17 bits per heavy atom. The van der Waals surface area contributed by atoms with Crippen LogP contribution in [0.4, 0.5) is 0 Å². The molecule has 0 aromatic rings. The van der Waals surface area contributed by atoms with Crippen LogP contribution in [0.15, 0.2) is 11.6 Å². The first-order valence-corrected chi connectivity index (χ1v) is 4.09. The molecule has 0 spiro atoms. The van der Waals surface area contributed by atoms with Gasteiger partial charge >= 0.3 is 5.97 Å². The van der Waals surface area contributed by atoms with E-state index in [1.165, 1.54) is 6.08 Å². The molecule has 3 heteroatoms. The number of esters is 1. The topological polar surface area (TPSA) is 46.5 Å². The van der Waals surface area contributed by atoms with Crippen molar-refractivity contribution in [3.63, 3.8) is 0 Å². The highest BCUT2D eigenvalue weighted by Crippen LogP contribution is 2.00. The first-order chi connectivity index (χ1) is 5.56. The molecule has 70 valence electrons. The molecule has 0 heterocycles. The van der Waals surface area contributed by atoms with Crippen molar-refractivity contribution in [2.24, 2.45) is 0 Å². The van der Waals surface area contributed by atoms with Crippen LogP contribution in [0, 0.1) is 0 Å². The molecular weight excluding hydrogens is 156 g/mol. The van der Waals surface area contributed by atoms with E-state index in [0.29, 0.717) is 6.42 Å². The average molecular weight is 172 g/mol. The molecule has 1 N–H and O–H groups in total. The molecule has 1 unspecified atom stereocenters. The van der Waals surface area contributed by atoms with Gasteiger partial charge in [0.1, 0.15) is 0 Å². The maximum absolute atomic E-state index is 10.9. The zero-order valence-electron chi connectivity index (χ0n) is 7.83. The number of hydrogen-bond donors (Lipinski definition) is 1. The van der Waals surface area contributed by atoms with E-state index in [-0.39, 0.29) is 0 Å². The second-order valence-electron chi connectivity index (χ2n) is 2.90. The lowest BCUT2D eigenvalue weighted by atomic mass is 10.3. The van der Waals surface area contributed by atoms with Gasteiger partial charge in [0, 0.05) is 12.5 Å². The maximum Gasteiger partial charge on any atom is 0.332 e. The fourth-order valence-corrected chi connectivity index (χ4v) is 0.710. The third kappa shape index (κ3) is 5.92. The van der Waals surface area contributed by atoms with Crippen molar-refractivity contribution >= 4 is 5.97 Å². The second kappa shape index (κ2) is 5.77. The lowest BCUT2D eigenvalue weighted by Gasteiger charge is -2.08. The normalized spacial score (nSPS) is 12.0. The molecule has 0 aliphatic rings. The van der Waals surface area contributed by atoms with Crippen molar-refractivity contribution in [2.75, 3.05) is 0 Å². The van der Waals surface area contributed by atoms with Crippen LogP contribution in [0.5, 0.6) is 0 Å². The summed E-state index contributed by atoms with van der Waals surface area (Å²) < 4.78 is 4.64. The van der Waals surface area contributed by atoms with E-state index in [0.717, 1.165) is 12.0 Å². The lowest BCUT2D eigenvalue weighted by molar-refractivity contribution is -0.162. The number of aliphatic hydroxyl groups excluding tert-OH is 1. The highest BCUT2D eigenvalue weighted by Gasteiger charge is 2.06. The SMILES string of the molecule is CCCC(O)OC(=O)C=C(C)C. The van der Waals surface area contributed by atoms with Crippen LogP contribution in [-0.2, 0) is 9.53 Å². The average Bonchev–Trinajstić information content (AvgIpc) is 1.84. The Bertz CT molecular complexity index is 169. The van der Waals surface area contributed by atoms with Gasteiger partial charge in [0.25, 0.3) is 0 Å². The maximum atomic E-state index is 10.9. The smallest absolute Gasteiger partial charge is 0.332 e. The van der Waals surface area contributed by atoms with Gasteiger partial charge in [-0.2, -0.15) is 0 Å². The Balaban J connectivity index is 3.77. The van der Waals surface area contributed by atoms with Crippen LogP contribution in [-0.4, -0.2) is 17.4 Å². The van der Waals surface area contributed by atoms with Crippen molar-refractivity contribution < 1.29 is 14.6 Å². The van der Waals surface area contributed by atoms with Gasteiger partial charge in [0.15, 0.2) is 0 Å². The van der Waals surface area contributed by atoms with E-state index in [1.54, 1.807) is 13.8 Å². The Labute approximate surface area is 73.0 Å². The molecule has 12 heavy (non-hydrogen) atoms. The van der Waals surface area contributed by atoms with Crippen LogP contribution in [0.3, 0.4) is 0 Å². The highest BCUT2D eigenvalue weighted by molar-refractivity contribution is 5.82. The highest BCUT2D eigenvalue weighted by atomic mass is 16.6. The fraction of sp³-hybridized carbons (Fsp3) is 0.667. The molecule has 0 aromatic heterocycles. The largest absolute Gasteiger partial charge is 0.433 e. The molecule has 1 atom stereocenters. The fourth-order valence-electron chi connectivity index (χ4n) is 0.710. The summed E-state index contributed by atoms with van der Waals surface area (Å²) in [6.07, 6.45) is 1.68. The third-order valence-corrected chi connectivity index (χ3v) is 1.19. The lowest BCUT2D eigenvalue weighted by Crippen LogP contribution is -2.15. The molecule has 0 aromatic carbocycles. The van der Waals surface area contributed by atoms with E-state index in [2.05, 4.69) is 4.74 Å². The number of carbonyl (C=O) groups excluding carboxylic acids is 1. The van der Waals surface area contributed by atoms with Gasteiger partial charge in [-0.15, -0.1) is 0 Å². The van der Waals surface area contributed by atoms with Gasteiger partial charge in [-0.3, -0.25) is 0 Å². The van der Waals surface area contributed by atoms with Gasteiger partial charge in [-0.25, -0.2) is 4.79 Å². The summed E-state index contributed by atoms with van der Waals surface area (Å²) >= 11 is 0. The van der Waals surface area contributed by atoms with E-state index in [4.69, 9.17) is 5.11 Å². The molecule has 3 nitrogen and oxygen atoms in total. The molecule has 0 radical (unpaired) electrons. The minimum absolute atomic E-state index is 0.476. The van der Waals surface area contributed by atoms with E-state index < -0.39 is 12.3 Å². The second-order valence-corrected chi connectivity index (χ2v) is 2.90. The molecule has 0 aliphatic carbocycles. The van der Waals surface area contributed by atoms with Crippen LogP contribution >= 0.6 is 0 Å². The van der Waals surface area contributed by atoms with Crippen LogP contribution in [0.25, 0.3) is 0 Å². The number of carbonyl (C=O) groups is 1. The van der Waals surface area contributed by atoms with Crippen LogP contribution < -0.4 is 0 Å². The summed E-state index contributed by atoms with van der Waals surface area (Å²) in [4.78, 5) is 10.9. The molecular formula is C9H16O3. The predicted molar refractivity (Wildman–Crippen MR) is 46.4 cm³/mol. The van der Waals surface area contributed by atoms with E-state index in [9.17, 15) is 4.79 Å². The van der Waals surface area contributed by atoms with Crippen molar-refractivity contribution in [2.45, 2.75) is 39.9 Å². The van der Waals surface area contributed by atoms with E-state index in [1.807, 2.05) is 6.92 Å². The van der Waals surface area contributed by atoms with Crippen molar-refractivity contribution in [1.82, 2.24) is 0 Å². The molecule has 0 fully saturated rings. The Hall–Kier alpha value is -0.830. The molecule has 0 amide bonds. The molecule has 0 aliphatic heterocycles. The van der Waals surface area contributed by atoms with Gasteiger partial charge in [-0.1, -0.05) is 18.9 Å². The Kier molecular flexibility index (Phi) is 5.37. The minimum Gasteiger partial charge on any atom is -0.433 e. The van der Waals surface area contributed by atoms with Gasteiger partial charge < -0.3 is 9.84 Å². The van der Waals surface area contributed by atoms with Crippen LogP contribution in [0.2, 0.25) is 0 Å². The molecule has 0 rings (SSSR count).